The van der Waals surface area contributed by atoms with Crippen molar-refractivity contribution in [3.63, 3.8) is 0 Å². The van der Waals surface area contributed by atoms with Crippen molar-refractivity contribution in [3.8, 4) is 0 Å². The smallest absolute Gasteiger partial charge is 0.0713 e. The van der Waals surface area contributed by atoms with Gasteiger partial charge in [-0.05, 0) is 51.0 Å². The first-order chi connectivity index (χ1) is 9.20. The van der Waals surface area contributed by atoms with Gasteiger partial charge >= 0.3 is 0 Å². The number of hydrogen-bond acceptors (Lipinski definition) is 4. The topological polar surface area (TPSA) is 24.5 Å². The fourth-order valence-electron chi connectivity index (χ4n) is 4.21. The van der Waals surface area contributed by atoms with Crippen LogP contribution in [0.15, 0.2) is 0 Å². The molecule has 19 heavy (non-hydrogen) atoms. The molecule has 3 unspecified atom stereocenters. The molecule has 0 aromatic carbocycles. The van der Waals surface area contributed by atoms with Crippen molar-refractivity contribution in [1.29, 1.82) is 0 Å². The molecule has 1 spiro atoms. The third-order valence-electron chi connectivity index (χ3n) is 5.19. The van der Waals surface area contributed by atoms with Gasteiger partial charge < -0.3 is 10.1 Å². The van der Waals surface area contributed by atoms with Crippen LogP contribution in [0.1, 0.15) is 39.5 Å². The summed E-state index contributed by atoms with van der Waals surface area (Å²) in [4.78, 5) is 2.78. The second kappa shape index (κ2) is 5.92. The van der Waals surface area contributed by atoms with Crippen LogP contribution in [-0.2, 0) is 4.74 Å². The zero-order valence-corrected chi connectivity index (χ0v) is 13.2. The van der Waals surface area contributed by atoms with E-state index in [1.54, 1.807) is 0 Å². The van der Waals surface area contributed by atoms with Gasteiger partial charge in [0.2, 0.25) is 0 Å². The lowest BCUT2D eigenvalue weighted by Gasteiger charge is -2.51. The molecule has 0 amide bonds. The molecule has 0 radical (unpaired) electrons. The van der Waals surface area contributed by atoms with Crippen molar-refractivity contribution in [2.75, 3.05) is 31.2 Å². The number of nitrogens with zero attached hydrogens (tertiary/aromatic N) is 1. The highest BCUT2D eigenvalue weighted by Crippen LogP contribution is 2.39. The predicted octanol–water partition coefficient (Wildman–Crippen LogP) is 2.11. The Hall–Kier alpha value is 0.230. The summed E-state index contributed by atoms with van der Waals surface area (Å²) in [6.45, 7) is 8.01. The van der Waals surface area contributed by atoms with Crippen LogP contribution in [0.25, 0.3) is 0 Å². The Labute approximate surface area is 121 Å². The molecular weight excluding hydrogens is 256 g/mol. The van der Waals surface area contributed by atoms with Gasteiger partial charge in [-0.15, -0.1) is 0 Å². The molecule has 3 heterocycles. The summed E-state index contributed by atoms with van der Waals surface area (Å²) < 4.78 is 6.24. The fraction of sp³-hybridized carbons (Fsp3) is 1.00. The number of piperazine rings is 1. The third kappa shape index (κ3) is 2.97. The molecule has 3 rings (SSSR count). The first-order valence-corrected chi connectivity index (χ1v) is 9.05. The van der Waals surface area contributed by atoms with Crippen LogP contribution in [0.5, 0.6) is 0 Å². The lowest BCUT2D eigenvalue weighted by Crippen LogP contribution is -2.61. The summed E-state index contributed by atoms with van der Waals surface area (Å²) in [6, 6.07) is 2.08. The second-order valence-corrected chi connectivity index (χ2v) is 7.82. The quantitative estimate of drug-likeness (QED) is 0.797. The van der Waals surface area contributed by atoms with Gasteiger partial charge in [0.1, 0.15) is 0 Å². The van der Waals surface area contributed by atoms with E-state index < -0.39 is 0 Å². The van der Waals surface area contributed by atoms with Crippen molar-refractivity contribution in [3.05, 3.63) is 0 Å². The number of thioether (sulfide) groups is 1. The largest absolute Gasteiger partial charge is 0.375 e. The Morgan fingerprint density at radius 3 is 2.53 bits per heavy atom. The molecule has 3 nitrogen and oxygen atoms in total. The summed E-state index contributed by atoms with van der Waals surface area (Å²) >= 11 is 2.10. The molecule has 0 aliphatic carbocycles. The molecule has 0 saturated carbocycles. The molecule has 3 fully saturated rings. The van der Waals surface area contributed by atoms with Crippen molar-refractivity contribution in [1.82, 2.24) is 10.2 Å². The van der Waals surface area contributed by atoms with Crippen LogP contribution < -0.4 is 5.32 Å². The first kappa shape index (κ1) is 14.2. The van der Waals surface area contributed by atoms with E-state index in [2.05, 4.69) is 35.8 Å². The van der Waals surface area contributed by atoms with Crippen LogP contribution in [0.3, 0.4) is 0 Å². The maximum absolute atomic E-state index is 6.24. The summed E-state index contributed by atoms with van der Waals surface area (Å²) in [5, 5.41) is 3.55. The van der Waals surface area contributed by atoms with Crippen molar-refractivity contribution < 1.29 is 4.74 Å². The van der Waals surface area contributed by atoms with Crippen LogP contribution in [0, 0.1) is 0 Å². The second-order valence-electron chi connectivity index (χ2n) is 6.59. The molecule has 3 atom stereocenters. The number of rotatable bonds is 1. The Balaban J connectivity index is 1.69. The number of nitrogens with one attached hydrogen (secondary N) is 1. The molecule has 0 bridgehead atoms. The summed E-state index contributed by atoms with van der Waals surface area (Å²) in [7, 11) is 0. The van der Waals surface area contributed by atoms with Crippen LogP contribution in [-0.4, -0.2) is 59.8 Å². The van der Waals surface area contributed by atoms with Crippen LogP contribution in [0.4, 0.5) is 0 Å². The van der Waals surface area contributed by atoms with E-state index in [1.165, 1.54) is 37.2 Å². The first-order valence-electron chi connectivity index (χ1n) is 7.90. The summed E-state index contributed by atoms with van der Waals surface area (Å²) in [6.07, 6.45) is 5.03. The Morgan fingerprint density at radius 1 is 1.16 bits per heavy atom. The van der Waals surface area contributed by atoms with Gasteiger partial charge in [-0.1, -0.05) is 0 Å². The highest BCUT2D eigenvalue weighted by Gasteiger charge is 2.42. The molecule has 0 aromatic rings. The van der Waals surface area contributed by atoms with Gasteiger partial charge in [0, 0.05) is 37.8 Å². The van der Waals surface area contributed by atoms with E-state index >= 15 is 0 Å². The van der Waals surface area contributed by atoms with Gasteiger partial charge in [0.25, 0.3) is 0 Å². The molecule has 0 aromatic heterocycles. The lowest BCUT2D eigenvalue weighted by molar-refractivity contribution is -0.121. The molecule has 110 valence electrons. The van der Waals surface area contributed by atoms with E-state index in [1.807, 2.05) is 0 Å². The molecule has 3 aliphatic rings. The maximum Gasteiger partial charge on any atom is 0.0713 e. The number of hydrogen-bond donors (Lipinski definition) is 1. The van der Waals surface area contributed by atoms with Gasteiger partial charge in [0.15, 0.2) is 0 Å². The molecule has 3 saturated heterocycles. The molecular formula is C15H28N2OS. The molecule has 3 aliphatic heterocycles. The Morgan fingerprint density at radius 2 is 1.84 bits per heavy atom. The average molecular weight is 284 g/mol. The highest BCUT2D eigenvalue weighted by molar-refractivity contribution is 7.99. The van der Waals surface area contributed by atoms with E-state index in [-0.39, 0.29) is 5.60 Å². The van der Waals surface area contributed by atoms with Crippen LogP contribution >= 0.6 is 11.8 Å². The Bertz CT molecular complexity index is 291. The monoisotopic (exact) mass is 284 g/mol. The fourth-order valence-corrected chi connectivity index (χ4v) is 5.45. The minimum atomic E-state index is 0.221. The molecule has 4 heteroatoms. The van der Waals surface area contributed by atoms with E-state index in [9.17, 15) is 0 Å². The van der Waals surface area contributed by atoms with E-state index in [0.29, 0.717) is 12.1 Å². The van der Waals surface area contributed by atoms with Crippen molar-refractivity contribution in [2.45, 2.75) is 63.3 Å². The predicted molar refractivity (Wildman–Crippen MR) is 81.9 cm³/mol. The summed E-state index contributed by atoms with van der Waals surface area (Å²) in [5.74, 6) is 2.58. The lowest BCUT2D eigenvalue weighted by atomic mass is 9.83. The third-order valence-corrected chi connectivity index (χ3v) is 6.18. The van der Waals surface area contributed by atoms with E-state index in [0.717, 1.165) is 25.7 Å². The maximum atomic E-state index is 6.24. The van der Waals surface area contributed by atoms with Crippen molar-refractivity contribution >= 4 is 11.8 Å². The van der Waals surface area contributed by atoms with Gasteiger partial charge in [-0.25, -0.2) is 0 Å². The van der Waals surface area contributed by atoms with Gasteiger partial charge in [0.05, 0.1) is 5.60 Å². The van der Waals surface area contributed by atoms with Gasteiger partial charge in [-0.2, -0.15) is 11.8 Å². The summed E-state index contributed by atoms with van der Waals surface area (Å²) in [5.41, 5.74) is 0.221. The zero-order chi connectivity index (χ0) is 13.3. The minimum absolute atomic E-state index is 0.221. The van der Waals surface area contributed by atoms with Gasteiger partial charge in [-0.3, -0.25) is 4.90 Å². The van der Waals surface area contributed by atoms with Crippen LogP contribution in [0.2, 0.25) is 0 Å². The number of ether oxygens (including phenoxy) is 1. The minimum Gasteiger partial charge on any atom is -0.375 e. The standard InChI is InChI=1S/C15H28N2OS/c1-12-10-16-11-13(2)17(12)14-3-6-18-15(9-14)4-7-19-8-5-15/h12-14,16H,3-11H2,1-2H3. The highest BCUT2D eigenvalue weighted by atomic mass is 32.2. The SMILES string of the molecule is CC1CNCC(C)N1C1CCOC2(CCSCC2)C1. The normalized spacial score (nSPS) is 40.4. The Kier molecular flexibility index (Phi) is 4.42. The average Bonchev–Trinajstić information content (AvgIpc) is 2.39. The van der Waals surface area contributed by atoms with E-state index in [4.69, 9.17) is 4.74 Å². The van der Waals surface area contributed by atoms with Crippen molar-refractivity contribution in [2.24, 2.45) is 0 Å². The zero-order valence-electron chi connectivity index (χ0n) is 12.4. The molecule has 1 N–H and O–H groups in total.